The fourth-order valence-electron chi connectivity index (χ4n) is 3.01. The Hall–Kier alpha value is -3.09. The van der Waals surface area contributed by atoms with Gasteiger partial charge in [0.05, 0.1) is 7.11 Å². The summed E-state index contributed by atoms with van der Waals surface area (Å²) in [6.45, 7) is 5.41. The molecule has 2 amide bonds. The number of nitrogens with one attached hydrogen (secondary N) is 1. The number of para-hydroxylation sites is 1. The van der Waals surface area contributed by atoms with Crippen molar-refractivity contribution in [3.63, 3.8) is 0 Å². The molecule has 2 aromatic rings. The monoisotopic (exact) mass is 416 g/mol. The van der Waals surface area contributed by atoms with Crippen LogP contribution in [0.4, 0.5) is 4.39 Å². The van der Waals surface area contributed by atoms with Crippen molar-refractivity contribution in [2.45, 2.75) is 45.8 Å². The second-order valence-corrected chi connectivity index (χ2v) is 7.18. The van der Waals surface area contributed by atoms with Crippen molar-refractivity contribution < 1.29 is 23.5 Å². The molecule has 0 saturated carbocycles. The first-order valence-electron chi connectivity index (χ1n) is 9.95. The number of benzene rings is 2. The Labute approximate surface area is 177 Å². The van der Waals surface area contributed by atoms with Gasteiger partial charge in [0.1, 0.15) is 11.8 Å². The lowest BCUT2D eigenvalue weighted by Gasteiger charge is -2.31. The molecule has 0 bridgehead atoms. The average molecular weight is 416 g/mol. The van der Waals surface area contributed by atoms with Gasteiger partial charge in [-0.2, -0.15) is 0 Å². The summed E-state index contributed by atoms with van der Waals surface area (Å²) in [4.78, 5) is 27.2. The smallest absolute Gasteiger partial charge is 0.261 e. The molecule has 0 aliphatic carbocycles. The maximum absolute atomic E-state index is 13.8. The van der Waals surface area contributed by atoms with Gasteiger partial charge in [-0.1, -0.05) is 31.2 Å². The van der Waals surface area contributed by atoms with Gasteiger partial charge in [-0.05, 0) is 50.1 Å². The minimum Gasteiger partial charge on any atom is -0.497 e. The first-order chi connectivity index (χ1) is 14.3. The molecule has 0 spiro atoms. The molecule has 7 heteroatoms. The van der Waals surface area contributed by atoms with E-state index in [2.05, 4.69) is 5.32 Å². The van der Waals surface area contributed by atoms with Crippen LogP contribution in [0, 0.1) is 5.82 Å². The van der Waals surface area contributed by atoms with Gasteiger partial charge in [0.25, 0.3) is 5.91 Å². The molecule has 0 aromatic heterocycles. The highest BCUT2D eigenvalue weighted by molar-refractivity contribution is 5.88. The van der Waals surface area contributed by atoms with Gasteiger partial charge in [-0.3, -0.25) is 9.59 Å². The lowest BCUT2D eigenvalue weighted by molar-refractivity contribution is -0.143. The van der Waals surface area contributed by atoms with E-state index in [1.165, 1.54) is 17.0 Å². The van der Waals surface area contributed by atoms with E-state index in [1.54, 1.807) is 31.4 Å². The summed E-state index contributed by atoms with van der Waals surface area (Å²) in [5.41, 5.74) is 0.839. The highest BCUT2D eigenvalue weighted by Gasteiger charge is 2.29. The van der Waals surface area contributed by atoms with Crippen LogP contribution >= 0.6 is 0 Å². The average Bonchev–Trinajstić information content (AvgIpc) is 2.72. The second-order valence-electron chi connectivity index (χ2n) is 7.18. The third-order valence-electron chi connectivity index (χ3n) is 4.52. The zero-order valence-electron chi connectivity index (χ0n) is 17.9. The fraction of sp³-hybridized carbons (Fsp3) is 0.391. The number of carbonyl (C=O) groups is 2. The maximum Gasteiger partial charge on any atom is 0.261 e. The first kappa shape index (κ1) is 23.2. The second kappa shape index (κ2) is 11.2. The summed E-state index contributed by atoms with van der Waals surface area (Å²) in [7, 11) is 1.58. The van der Waals surface area contributed by atoms with Gasteiger partial charge in [0, 0.05) is 12.6 Å². The SMILES string of the molecule is CC[C@H](C(=O)NC(C)C)N(Cc1ccc(OC)cc1)C(=O)COc1ccccc1F. The Morgan fingerprint density at radius 3 is 2.33 bits per heavy atom. The Morgan fingerprint density at radius 2 is 1.77 bits per heavy atom. The fourth-order valence-corrected chi connectivity index (χ4v) is 3.01. The molecule has 0 unspecified atom stereocenters. The van der Waals surface area contributed by atoms with E-state index in [1.807, 2.05) is 32.9 Å². The highest BCUT2D eigenvalue weighted by Crippen LogP contribution is 2.18. The molecule has 30 heavy (non-hydrogen) atoms. The summed E-state index contributed by atoms with van der Waals surface area (Å²) in [5, 5.41) is 2.86. The number of nitrogens with zero attached hydrogens (tertiary/aromatic N) is 1. The summed E-state index contributed by atoms with van der Waals surface area (Å²) < 4.78 is 24.4. The van der Waals surface area contributed by atoms with Gasteiger partial charge in [-0.15, -0.1) is 0 Å². The molecule has 0 radical (unpaired) electrons. The van der Waals surface area contributed by atoms with Gasteiger partial charge in [-0.25, -0.2) is 4.39 Å². The molecule has 0 heterocycles. The predicted octanol–water partition coefficient (Wildman–Crippen LogP) is 3.55. The van der Waals surface area contributed by atoms with Crippen LogP contribution in [0.5, 0.6) is 11.5 Å². The number of ether oxygens (including phenoxy) is 2. The third kappa shape index (κ3) is 6.47. The Bertz CT molecular complexity index is 839. The van der Waals surface area contributed by atoms with Crippen molar-refractivity contribution in [3.05, 3.63) is 59.9 Å². The molecular weight excluding hydrogens is 387 g/mol. The zero-order valence-corrected chi connectivity index (χ0v) is 17.9. The molecule has 0 aliphatic rings. The largest absolute Gasteiger partial charge is 0.497 e. The van der Waals surface area contributed by atoms with Crippen molar-refractivity contribution in [1.29, 1.82) is 0 Å². The quantitative estimate of drug-likeness (QED) is 0.643. The lowest BCUT2D eigenvalue weighted by Crippen LogP contribution is -2.51. The number of carbonyl (C=O) groups excluding carboxylic acids is 2. The number of rotatable bonds is 10. The van der Waals surface area contributed by atoms with Gasteiger partial charge in [0.15, 0.2) is 18.2 Å². The van der Waals surface area contributed by atoms with E-state index in [9.17, 15) is 14.0 Å². The zero-order chi connectivity index (χ0) is 22.1. The number of amides is 2. The van der Waals surface area contributed by atoms with Crippen LogP contribution in [0.2, 0.25) is 0 Å². The normalized spacial score (nSPS) is 11.7. The summed E-state index contributed by atoms with van der Waals surface area (Å²) in [5.74, 6) is -0.490. The minimum atomic E-state index is -0.675. The molecule has 0 saturated heterocycles. The van der Waals surface area contributed by atoms with Crippen LogP contribution in [-0.4, -0.2) is 42.5 Å². The van der Waals surface area contributed by atoms with Crippen LogP contribution in [0.25, 0.3) is 0 Å². The summed E-state index contributed by atoms with van der Waals surface area (Å²) >= 11 is 0. The lowest BCUT2D eigenvalue weighted by atomic mass is 10.1. The maximum atomic E-state index is 13.8. The predicted molar refractivity (Wildman–Crippen MR) is 113 cm³/mol. The van der Waals surface area contributed by atoms with Gasteiger partial charge >= 0.3 is 0 Å². The van der Waals surface area contributed by atoms with Crippen molar-refractivity contribution in [1.82, 2.24) is 10.2 Å². The van der Waals surface area contributed by atoms with Gasteiger partial charge < -0.3 is 19.7 Å². The molecule has 6 nitrogen and oxygen atoms in total. The number of hydrogen-bond donors (Lipinski definition) is 1. The molecule has 2 rings (SSSR count). The van der Waals surface area contributed by atoms with E-state index in [0.29, 0.717) is 12.2 Å². The molecule has 2 aromatic carbocycles. The van der Waals surface area contributed by atoms with Crippen LogP contribution in [0.3, 0.4) is 0 Å². The van der Waals surface area contributed by atoms with Crippen molar-refractivity contribution >= 4 is 11.8 Å². The van der Waals surface area contributed by atoms with Crippen LogP contribution in [0.15, 0.2) is 48.5 Å². The molecule has 162 valence electrons. The Balaban J connectivity index is 2.22. The van der Waals surface area contributed by atoms with Gasteiger partial charge in [0.2, 0.25) is 5.91 Å². The number of halogens is 1. The summed E-state index contributed by atoms with van der Waals surface area (Å²) in [6, 6.07) is 12.4. The topological polar surface area (TPSA) is 67.9 Å². The minimum absolute atomic E-state index is 0.00470. The number of methoxy groups -OCH3 is 1. The molecule has 0 fully saturated rings. The standard InChI is InChI=1S/C23H29FN2O4/c1-5-20(23(28)25-16(2)3)26(14-17-10-12-18(29-4)13-11-17)22(27)15-30-21-9-7-6-8-19(21)24/h6-13,16,20H,5,14-15H2,1-4H3,(H,25,28)/t20-/m1/s1. The van der Waals surface area contributed by atoms with Crippen molar-refractivity contribution in [3.8, 4) is 11.5 Å². The molecular formula is C23H29FN2O4. The number of hydrogen-bond acceptors (Lipinski definition) is 4. The Morgan fingerprint density at radius 1 is 1.10 bits per heavy atom. The van der Waals surface area contributed by atoms with E-state index in [4.69, 9.17) is 9.47 Å². The summed E-state index contributed by atoms with van der Waals surface area (Å²) in [6.07, 6.45) is 0.431. The van der Waals surface area contributed by atoms with Crippen LogP contribution < -0.4 is 14.8 Å². The van der Waals surface area contributed by atoms with Crippen LogP contribution in [0.1, 0.15) is 32.8 Å². The molecule has 1 N–H and O–H groups in total. The van der Waals surface area contributed by atoms with Crippen LogP contribution in [-0.2, 0) is 16.1 Å². The van der Waals surface area contributed by atoms with E-state index < -0.39 is 17.8 Å². The van der Waals surface area contributed by atoms with E-state index in [-0.39, 0.29) is 30.9 Å². The molecule has 0 aliphatic heterocycles. The van der Waals surface area contributed by atoms with Crippen molar-refractivity contribution in [2.24, 2.45) is 0 Å². The highest BCUT2D eigenvalue weighted by atomic mass is 19.1. The third-order valence-corrected chi connectivity index (χ3v) is 4.52. The van der Waals surface area contributed by atoms with E-state index in [0.717, 1.165) is 5.56 Å². The molecule has 1 atom stereocenters. The first-order valence-corrected chi connectivity index (χ1v) is 9.95. The Kier molecular flexibility index (Phi) is 8.65. The van der Waals surface area contributed by atoms with Crippen molar-refractivity contribution in [2.75, 3.05) is 13.7 Å². The van der Waals surface area contributed by atoms with E-state index >= 15 is 0 Å².